The van der Waals surface area contributed by atoms with Gasteiger partial charge in [-0.25, -0.2) is 0 Å². The van der Waals surface area contributed by atoms with Gasteiger partial charge in [0.25, 0.3) is 0 Å². The van der Waals surface area contributed by atoms with Gasteiger partial charge in [0, 0.05) is 13.7 Å². The van der Waals surface area contributed by atoms with Gasteiger partial charge in [0.1, 0.15) is 0 Å². The molecule has 0 spiro atoms. The van der Waals surface area contributed by atoms with E-state index in [1.807, 2.05) is 4.90 Å². The second-order valence-electron chi connectivity index (χ2n) is 3.57. The zero-order chi connectivity index (χ0) is 9.84. The third-order valence-corrected chi connectivity index (χ3v) is 2.41. The van der Waals surface area contributed by atoms with Gasteiger partial charge in [-0.05, 0) is 19.8 Å². The Morgan fingerprint density at radius 1 is 1.77 bits per heavy atom. The fraction of sp³-hybridized carbons (Fsp3) is 0.889. The Labute approximate surface area is 79.0 Å². The number of nitrogens with two attached hydrogens (primary N) is 1. The summed E-state index contributed by atoms with van der Waals surface area (Å²) >= 11 is 0. The van der Waals surface area contributed by atoms with Gasteiger partial charge < -0.3 is 15.4 Å². The molecule has 4 heteroatoms. The quantitative estimate of drug-likeness (QED) is 0.673. The van der Waals surface area contributed by atoms with E-state index in [-0.39, 0.29) is 11.9 Å². The molecule has 0 aromatic rings. The Kier molecular flexibility index (Phi) is 3.69. The summed E-state index contributed by atoms with van der Waals surface area (Å²) in [5, 5.41) is 0. The number of rotatable bonds is 3. The highest BCUT2D eigenvalue weighted by atomic mass is 16.5. The minimum absolute atomic E-state index is 0.0413. The minimum Gasteiger partial charge on any atom is -0.383 e. The summed E-state index contributed by atoms with van der Waals surface area (Å²) in [6, 6.07) is -0.152. The predicted molar refractivity (Wildman–Crippen MR) is 50.3 cm³/mol. The van der Waals surface area contributed by atoms with Crippen molar-refractivity contribution in [2.75, 3.05) is 20.3 Å². The minimum atomic E-state index is -0.391. The summed E-state index contributed by atoms with van der Waals surface area (Å²) in [7, 11) is 1.66. The molecule has 1 amide bonds. The number of carbonyl (C=O) groups excluding carboxylic acids is 1. The van der Waals surface area contributed by atoms with Gasteiger partial charge in [-0.3, -0.25) is 4.79 Å². The maximum absolute atomic E-state index is 11.6. The first kappa shape index (κ1) is 10.5. The molecule has 2 N–H and O–H groups in total. The zero-order valence-corrected chi connectivity index (χ0v) is 8.32. The molecule has 0 aromatic carbocycles. The molecule has 1 saturated heterocycles. The molecule has 1 fully saturated rings. The van der Waals surface area contributed by atoms with E-state index in [4.69, 9.17) is 10.5 Å². The van der Waals surface area contributed by atoms with E-state index in [2.05, 4.69) is 0 Å². The molecule has 1 aliphatic heterocycles. The van der Waals surface area contributed by atoms with E-state index >= 15 is 0 Å². The largest absolute Gasteiger partial charge is 0.383 e. The van der Waals surface area contributed by atoms with E-state index in [9.17, 15) is 4.79 Å². The molecule has 0 saturated carbocycles. The average Bonchev–Trinajstić information content (AvgIpc) is 2.52. The van der Waals surface area contributed by atoms with Crippen LogP contribution in [0.25, 0.3) is 0 Å². The van der Waals surface area contributed by atoms with Crippen molar-refractivity contribution in [2.45, 2.75) is 31.8 Å². The van der Waals surface area contributed by atoms with Gasteiger partial charge >= 0.3 is 0 Å². The van der Waals surface area contributed by atoms with Crippen LogP contribution in [-0.4, -0.2) is 43.2 Å². The van der Waals surface area contributed by atoms with Crippen LogP contribution in [0.2, 0.25) is 0 Å². The number of likely N-dealkylation sites (tertiary alicyclic amines) is 1. The zero-order valence-electron chi connectivity index (χ0n) is 8.32. The van der Waals surface area contributed by atoms with Gasteiger partial charge in [0.2, 0.25) is 5.91 Å². The first-order valence-corrected chi connectivity index (χ1v) is 4.71. The topological polar surface area (TPSA) is 55.6 Å². The standard InChI is InChI=1S/C9H18N2O2/c1-7(10)9(12)11-5-3-4-8(11)6-13-2/h7-8H,3-6,10H2,1-2H3/t7-,8?/m0/s1. The van der Waals surface area contributed by atoms with Gasteiger partial charge in [-0.1, -0.05) is 0 Å². The fourth-order valence-corrected chi connectivity index (χ4v) is 1.75. The molecule has 0 aromatic heterocycles. The van der Waals surface area contributed by atoms with E-state index in [1.165, 1.54) is 0 Å². The Morgan fingerprint density at radius 3 is 3.00 bits per heavy atom. The molecule has 1 heterocycles. The number of nitrogens with zero attached hydrogens (tertiary/aromatic N) is 1. The number of hydrogen-bond acceptors (Lipinski definition) is 3. The van der Waals surface area contributed by atoms with Gasteiger partial charge in [0.15, 0.2) is 0 Å². The van der Waals surface area contributed by atoms with Crippen LogP contribution in [0, 0.1) is 0 Å². The highest BCUT2D eigenvalue weighted by Gasteiger charge is 2.29. The van der Waals surface area contributed by atoms with Crippen LogP contribution < -0.4 is 5.73 Å². The number of methoxy groups -OCH3 is 1. The van der Waals surface area contributed by atoms with E-state index in [1.54, 1.807) is 14.0 Å². The molecule has 0 aliphatic carbocycles. The van der Waals surface area contributed by atoms with Crippen LogP contribution in [0.3, 0.4) is 0 Å². The van der Waals surface area contributed by atoms with E-state index < -0.39 is 6.04 Å². The molecule has 4 nitrogen and oxygen atoms in total. The first-order valence-electron chi connectivity index (χ1n) is 4.71. The summed E-state index contributed by atoms with van der Waals surface area (Å²) in [6.07, 6.45) is 2.10. The highest BCUT2D eigenvalue weighted by molar-refractivity contribution is 5.81. The van der Waals surface area contributed by atoms with Crippen molar-refractivity contribution < 1.29 is 9.53 Å². The summed E-state index contributed by atoms with van der Waals surface area (Å²) in [4.78, 5) is 13.4. The lowest BCUT2D eigenvalue weighted by atomic mass is 10.2. The van der Waals surface area contributed by atoms with Gasteiger partial charge in [-0.2, -0.15) is 0 Å². The second kappa shape index (κ2) is 4.58. The Balaban J connectivity index is 2.52. The van der Waals surface area contributed by atoms with Gasteiger partial charge in [-0.15, -0.1) is 0 Å². The van der Waals surface area contributed by atoms with Crippen LogP contribution >= 0.6 is 0 Å². The maximum Gasteiger partial charge on any atom is 0.239 e. The Hall–Kier alpha value is -0.610. The smallest absolute Gasteiger partial charge is 0.239 e. The normalized spacial score (nSPS) is 24.8. The van der Waals surface area contributed by atoms with Crippen molar-refractivity contribution >= 4 is 5.91 Å². The average molecular weight is 186 g/mol. The van der Waals surface area contributed by atoms with Crippen LogP contribution in [-0.2, 0) is 9.53 Å². The van der Waals surface area contributed by atoms with Crippen molar-refractivity contribution in [3.63, 3.8) is 0 Å². The third kappa shape index (κ3) is 2.42. The summed E-state index contributed by atoms with van der Waals surface area (Å²) in [6.45, 7) is 3.18. The monoisotopic (exact) mass is 186 g/mol. The Bertz CT molecular complexity index is 182. The van der Waals surface area contributed by atoms with Crippen molar-refractivity contribution in [3.05, 3.63) is 0 Å². The lowest BCUT2D eigenvalue weighted by Crippen LogP contribution is -2.45. The van der Waals surface area contributed by atoms with Crippen LogP contribution in [0.1, 0.15) is 19.8 Å². The molecule has 1 aliphatic rings. The second-order valence-corrected chi connectivity index (χ2v) is 3.57. The number of carbonyl (C=O) groups is 1. The number of ether oxygens (including phenoxy) is 1. The molecule has 76 valence electrons. The molecule has 1 unspecified atom stereocenters. The van der Waals surface area contributed by atoms with E-state index in [0.717, 1.165) is 19.4 Å². The van der Waals surface area contributed by atoms with Crippen molar-refractivity contribution in [3.8, 4) is 0 Å². The molecule has 13 heavy (non-hydrogen) atoms. The first-order chi connectivity index (χ1) is 6.16. The summed E-state index contributed by atoms with van der Waals surface area (Å²) < 4.78 is 5.05. The van der Waals surface area contributed by atoms with Crippen LogP contribution in [0.15, 0.2) is 0 Å². The molecule has 0 radical (unpaired) electrons. The van der Waals surface area contributed by atoms with Gasteiger partial charge in [0.05, 0.1) is 18.7 Å². The molecular formula is C9H18N2O2. The molecular weight excluding hydrogens is 168 g/mol. The van der Waals surface area contributed by atoms with Crippen molar-refractivity contribution in [1.29, 1.82) is 0 Å². The molecule has 2 atom stereocenters. The molecule has 1 rings (SSSR count). The lowest BCUT2D eigenvalue weighted by Gasteiger charge is -2.25. The summed E-state index contributed by atoms with van der Waals surface area (Å²) in [5.41, 5.74) is 5.54. The van der Waals surface area contributed by atoms with Crippen molar-refractivity contribution in [1.82, 2.24) is 4.90 Å². The molecule has 0 bridgehead atoms. The fourth-order valence-electron chi connectivity index (χ4n) is 1.75. The SMILES string of the molecule is COCC1CCCN1C(=O)[C@H](C)N. The van der Waals surface area contributed by atoms with Crippen LogP contribution in [0.4, 0.5) is 0 Å². The highest BCUT2D eigenvalue weighted by Crippen LogP contribution is 2.17. The number of hydrogen-bond donors (Lipinski definition) is 1. The van der Waals surface area contributed by atoms with E-state index in [0.29, 0.717) is 6.61 Å². The predicted octanol–water partition coefficient (Wildman–Crippen LogP) is -0.0290. The van der Waals surface area contributed by atoms with Crippen LogP contribution in [0.5, 0.6) is 0 Å². The lowest BCUT2D eigenvalue weighted by molar-refractivity contribution is -0.133. The maximum atomic E-state index is 11.6. The summed E-state index contributed by atoms with van der Waals surface area (Å²) in [5.74, 6) is 0.0413. The van der Waals surface area contributed by atoms with Crippen molar-refractivity contribution in [2.24, 2.45) is 5.73 Å². The Morgan fingerprint density at radius 2 is 2.46 bits per heavy atom. The number of amides is 1. The third-order valence-electron chi connectivity index (χ3n) is 2.41.